The second kappa shape index (κ2) is 8.13. The predicted octanol–water partition coefficient (Wildman–Crippen LogP) is 2.70. The van der Waals surface area contributed by atoms with Crippen LogP contribution in [0, 0.1) is 12.8 Å². The minimum Gasteiger partial charge on any atom is -0.376 e. The summed E-state index contributed by atoms with van der Waals surface area (Å²) in [7, 11) is 0. The standard InChI is InChI=1S/C19H31N3O3/c1-12-8-6-7-9-14(12)25-11-10-20-16(23)15-13(2)21-18(19(3,4)5)22-17(15)24/h12,14H,6-11H2,1-5H3,(H,20,23)(H,21,22,24)/t12-,14-/m0/s1. The molecule has 0 radical (unpaired) electrons. The van der Waals surface area contributed by atoms with Gasteiger partial charge in [-0.1, -0.05) is 40.5 Å². The number of H-pyrrole nitrogens is 1. The normalized spacial score (nSPS) is 21.2. The molecule has 0 aliphatic heterocycles. The molecule has 1 fully saturated rings. The highest BCUT2D eigenvalue weighted by Gasteiger charge is 2.23. The third-order valence-corrected chi connectivity index (χ3v) is 4.79. The number of aryl methyl sites for hydroxylation is 1. The Morgan fingerprint density at radius 3 is 2.60 bits per heavy atom. The molecule has 2 atom stereocenters. The minimum absolute atomic E-state index is 0.0824. The van der Waals surface area contributed by atoms with Crippen LogP contribution < -0.4 is 10.9 Å². The number of carbonyl (C=O) groups excluding carboxylic acids is 1. The van der Waals surface area contributed by atoms with Crippen molar-refractivity contribution < 1.29 is 9.53 Å². The van der Waals surface area contributed by atoms with E-state index in [1.54, 1.807) is 6.92 Å². The number of aromatic nitrogens is 2. The van der Waals surface area contributed by atoms with Crippen LogP contribution in [0.5, 0.6) is 0 Å². The van der Waals surface area contributed by atoms with E-state index in [-0.39, 0.29) is 17.1 Å². The highest BCUT2D eigenvalue weighted by Crippen LogP contribution is 2.26. The number of aromatic amines is 1. The lowest BCUT2D eigenvalue weighted by atomic mass is 9.88. The van der Waals surface area contributed by atoms with Gasteiger partial charge in [-0.05, 0) is 25.7 Å². The Morgan fingerprint density at radius 1 is 1.32 bits per heavy atom. The van der Waals surface area contributed by atoms with Gasteiger partial charge in [0, 0.05) is 12.0 Å². The van der Waals surface area contributed by atoms with Gasteiger partial charge in [0.25, 0.3) is 11.5 Å². The lowest BCUT2D eigenvalue weighted by molar-refractivity contribution is -0.00294. The molecule has 0 bridgehead atoms. The van der Waals surface area contributed by atoms with Crippen LogP contribution in [0.1, 0.15) is 75.3 Å². The maximum Gasteiger partial charge on any atom is 0.264 e. The topological polar surface area (TPSA) is 84.1 Å². The molecule has 140 valence electrons. The number of hydrogen-bond acceptors (Lipinski definition) is 4. The molecule has 1 saturated carbocycles. The molecule has 0 saturated heterocycles. The van der Waals surface area contributed by atoms with E-state index < -0.39 is 11.5 Å². The van der Waals surface area contributed by atoms with Gasteiger partial charge in [0.2, 0.25) is 0 Å². The molecule has 0 unspecified atom stereocenters. The van der Waals surface area contributed by atoms with E-state index in [9.17, 15) is 9.59 Å². The molecule has 2 N–H and O–H groups in total. The number of ether oxygens (including phenoxy) is 1. The zero-order chi connectivity index (χ0) is 18.6. The van der Waals surface area contributed by atoms with Crippen molar-refractivity contribution in [1.82, 2.24) is 15.3 Å². The number of nitrogens with zero attached hydrogens (tertiary/aromatic N) is 1. The molecule has 1 amide bonds. The Morgan fingerprint density at radius 2 is 2.00 bits per heavy atom. The largest absolute Gasteiger partial charge is 0.376 e. The summed E-state index contributed by atoms with van der Waals surface area (Å²) in [6, 6.07) is 0. The Hall–Kier alpha value is -1.69. The number of nitrogens with one attached hydrogen (secondary N) is 2. The fourth-order valence-corrected chi connectivity index (χ4v) is 3.20. The number of carbonyl (C=O) groups is 1. The molecule has 1 heterocycles. The van der Waals surface area contributed by atoms with Crippen LogP contribution in [0.4, 0.5) is 0 Å². The van der Waals surface area contributed by atoms with Crippen LogP contribution in [-0.2, 0) is 10.2 Å². The van der Waals surface area contributed by atoms with Gasteiger partial charge >= 0.3 is 0 Å². The number of rotatable bonds is 5. The van der Waals surface area contributed by atoms with Crippen LogP contribution in [0.3, 0.4) is 0 Å². The second-order valence-electron chi connectivity index (χ2n) is 8.05. The quantitative estimate of drug-likeness (QED) is 0.801. The van der Waals surface area contributed by atoms with Gasteiger partial charge in [-0.3, -0.25) is 9.59 Å². The molecule has 2 rings (SSSR count). The first kappa shape index (κ1) is 19.6. The fourth-order valence-electron chi connectivity index (χ4n) is 3.20. The van der Waals surface area contributed by atoms with E-state index in [1.165, 1.54) is 19.3 Å². The van der Waals surface area contributed by atoms with Gasteiger partial charge in [-0.15, -0.1) is 0 Å². The first-order chi connectivity index (χ1) is 11.7. The Labute approximate surface area is 149 Å². The summed E-state index contributed by atoms with van der Waals surface area (Å²) in [6.07, 6.45) is 5.06. The fraction of sp³-hybridized carbons (Fsp3) is 0.737. The van der Waals surface area contributed by atoms with Gasteiger partial charge in [0.05, 0.1) is 18.4 Å². The lowest BCUT2D eigenvalue weighted by Gasteiger charge is -2.28. The Bertz CT molecular complexity index is 661. The van der Waals surface area contributed by atoms with Crippen molar-refractivity contribution in [3.05, 3.63) is 27.4 Å². The SMILES string of the molecule is Cc1nc(C(C)(C)C)[nH]c(=O)c1C(=O)NCCO[C@H]1CCCC[C@@H]1C. The molecule has 1 aromatic heterocycles. The van der Waals surface area contributed by atoms with Crippen molar-refractivity contribution in [2.45, 2.75) is 71.8 Å². The maximum absolute atomic E-state index is 12.3. The lowest BCUT2D eigenvalue weighted by Crippen LogP contribution is -2.36. The van der Waals surface area contributed by atoms with Crippen LogP contribution in [0.2, 0.25) is 0 Å². The zero-order valence-electron chi connectivity index (χ0n) is 16.1. The summed E-state index contributed by atoms with van der Waals surface area (Å²) in [5.41, 5.74) is -0.132. The van der Waals surface area contributed by atoms with E-state index in [0.29, 0.717) is 30.6 Å². The number of hydrogen-bond donors (Lipinski definition) is 2. The molecule has 6 nitrogen and oxygen atoms in total. The third-order valence-electron chi connectivity index (χ3n) is 4.79. The van der Waals surface area contributed by atoms with Gasteiger partial charge in [-0.2, -0.15) is 0 Å². The molecular formula is C19H31N3O3. The van der Waals surface area contributed by atoms with Gasteiger partial charge in [-0.25, -0.2) is 4.98 Å². The molecule has 6 heteroatoms. The van der Waals surface area contributed by atoms with Crippen molar-refractivity contribution in [1.29, 1.82) is 0 Å². The van der Waals surface area contributed by atoms with Crippen molar-refractivity contribution in [3.63, 3.8) is 0 Å². The smallest absolute Gasteiger partial charge is 0.264 e. The van der Waals surface area contributed by atoms with E-state index >= 15 is 0 Å². The van der Waals surface area contributed by atoms with Gasteiger partial charge in [0.15, 0.2) is 0 Å². The summed E-state index contributed by atoms with van der Waals surface area (Å²) in [4.78, 5) is 31.7. The average molecular weight is 349 g/mol. The summed E-state index contributed by atoms with van der Waals surface area (Å²) >= 11 is 0. The molecule has 0 aromatic carbocycles. The second-order valence-corrected chi connectivity index (χ2v) is 8.05. The summed E-state index contributed by atoms with van der Waals surface area (Å²) in [5, 5.41) is 2.77. The summed E-state index contributed by atoms with van der Waals surface area (Å²) in [6.45, 7) is 10.7. The average Bonchev–Trinajstić information content (AvgIpc) is 2.51. The van der Waals surface area contributed by atoms with Crippen molar-refractivity contribution >= 4 is 5.91 Å². The van der Waals surface area contributed by atoms with Gasteiger partial charge < -0.3 is 15.0 Å². The van der Waals surface area contributed by atoms with Gasteiger partial charge in [0.1, 0.15) is 11.4 Å². The maximum atomic E-state index is 12.3. The molecule has 0 spiro atoms. The molecular weight excluding hydrogens is 318 g/mol. The zero-order valence-corrected chi connectivity index (χ0v) is 16.1. The number of amides is 1. The minimum atomic E-state index is -0.396. The van der Waals surface area contributed by atoms with E-state index in [2.05, 4.69) is 22.2 Å². The van der Waals surface area contributed by atoms with E-state index in [0.717, 1.165) is 6.42 Å². The summed E-state index contributed by atoms with van der Waals surface area (Å²) in [5.74, 6) is 0.761. The van der Waals surface area contributed by atoms with Crippen LogP contribution in [0.15, 0.2) is 4.79 Å². The van der Waals surface area contributed by atoms with Crippen LogP contribution in [-0.4, -0.2) is 35.1 Å². The van der Waals surface area contributed by atoms with E-state index in [1.807, 2.05) is 20.8 Å². The van der Waals surface area contributed by atoms with Crippen molar-refractivity contribution in [2.75, 3.05) is 13.2 Å². The molecule has 1 aliphatic carbocycles. The first-order valence-corrected chi connectivity index (χ1v) is 9.21. The van der Waals surface area contributed by atoms with Crippen molar-refractivity contribution in [3.8, 4) is 0 Å². The third kappa shape index (κ3) is 5.14. The molecule has 25 heavy (non-hydrogen) atoms. The highest BCUT2D eigenvalue weighted by atomic mass is 16.5. The van der Waals surface area contributed by atoms with Crippen LogP contribution in [0.25, 0.3) is 0 Å². The Kier molecular flexibility index (Phi) is 6.38. The monoisotopic (exact) mass is 349 g/mol. The summed E-state index contributed by atoms with van der Waals surface area (Å²) < 4.78 is 5.89. The predicted molar refractivity (Wildman–Crippen MR) is 98.0 cm³/mol. The molecule has 1 aromatic rings. The van der Waals surface area contributed by atoms with E-state index in [4.69, 9.17) is 4.74 Å². The Balaban J connectivity index is 1.91. The first-order valence-electron chi connectivity index (χ1n) is 9.21. The van der Waals surface area contributed by atoms with Crippen LogP contribution >= 0.6 is 0 Å². The molecule has 1 aliphatic rings. The van der Waals surface area contributed by atoms with Crippen molar-refractivity contribution in [2.24, 2.45) is 5.92 Å². The highest BCUT2D eigenvalue weighted by molar-refractivity contribution is 5.94.